The molecule has 2 N–H and O–H groups in total. The summed E-state index contributed by atoms with van der Waals surface area (Å²) in [6.45, 7) is 4.14. The maximum absolute atomic E-state index is 6.14. The van der Waals surface area contributed by atoms with Crippen molar-refractivity contribution in [2.45, 2.75) is 33.8 Å². The van der Waals surface area contributed by atoms with Crippen LogP contribution in [0.15, 0.2) is 32.9 Å². The summed E-state index contributed by atoms with van der Waals surface area (Å²) in [5.41, 5.74) is 8.64. The van der Waals surface area contributed by atoms with Gasteiger partial charge in [0.1, 0.15) is 0 Å². The zero-order valence-electron chi connectivity index (χ0n) is 11.2. The molecule has 2 unspecified atom stereocenters. The Morgan fingerprint density at radius 1 is 1.26 bits per heavy atom. The predicted molar refractivity (Wildman–Crippen MR) is 85.1 cm³/mol. The smallest absolute Gasteiger partial charge is 0.175 e. The molecular weight excluding hydrogens is 294 g/mol. The maximum atomic E-state index is 6.14. The summed E-state index contributed by atoms with van der Waals surface area (Å²) < 4.78 is 1.98. The minimum Gasteiger partial charge on any atom is -0.327 e. The van der Waals surface area contributed by atoms with Crippen LogP contribution in [-0.2, 0) is 0 Å². The zero-order valence-corrected chi connectivity index (χ0v) is 13.6. The minimum absolute atomic E-state index is 0.0634. The normalized spacial score (nSPS) is 14.3. The molecule has 1 heterocycles. The van der Waals surface area contributed by atoms with E-state index in [-0.39, 0.29) is 11.3 Å². The third-order valence-electron chi connectivity index (χ3n) is 2.64. The van der Waals surface area contributed by atoms with Gasteiger partial charge in [0.2, 0.25) is 0 Å². The lowest BCUT2D eigenvalue weighted by Crippen LogP contribution is -2.22. The standard InChI is InChI=1S/C13H17N3S3/c1-8-5-4-6-10(7-8)11(9(2)14)18-13-16-15-12(17-3)19-13/h4-7,9,11H,14H2,1-3H3. The molecule has 0 fully saturated rings. The number of nitrogens with zero attached hydrogens (tertiary/aromatic N) is 2. The quantitative estimate of drug-likeness (QED) is 0.852. The molecule has 1 aromatic heterocycles. The van der Waals surface area contributed by atoms with Crippen LogP contribution in [0, 0.1) is 6.92 Å². The fourth-order valence-corrected chi connectivity index (χ4v) is 4.47. The highest BCUT2D eigenvalue weighted by atomic mass is 32.2. The Morgan fingerprint density at radius 3 is 2.58 bits per heavy atom. The Balaban J connectivity index is 2.21. The van der Waals surface area contributed by atoms with E-state index in [9.17, 15) is 0 Å². The number of hydrogen-bond donors (Lipinski definition) is 1. The Kier molecular flexibility index (Phi) is 5.27. The molecule has 0 aliphatic rings. The molecule has 2 aromatic rings. The first kappa shape index (κ1) is 14.8. The van der Waals surface area contributed by atoms with E-state index in [0.29, 0.717) is 0 Å². The van der Waals surface area contributed by atoms with Crippen molar-refractivity contribution in [1.29, 1.82) is 0 Å². The Labute approximate surface area is 126 Å². The summed E-state index contributed by atoms with van der Waals surface area (Å²) in [5.74, 6) is 0. The Bertz CT molecular complexity index is 539. The molecule has 1 aromatic carbocycles. The van der Waals surface area contributed by atoms with Crippen molar-refractivity contribution in [3.63, 3.8) is 0 Å². The molecule has 2 atom stereocenters. The van der Waals surface area contributed by atoms with E-state index in [4.69, 9.17) is 5.73 Å². The van der Waals surface area contributed by atoms with Gasteiger partial charge in [0.25, 0.3) is 0 Å². The number of aromatic nitrogens is 2. The Morgan fingerprint density at radius 2 is 2.00 bits per heavy atom. The van der Waals surface area contributed by atoms with E-state index in [0.717, 1.165) is 8.68 Å². The van der Waals surface area contributed by atoms with Crippen molar-refractivity contribution in [2.75, 3.05) is 6.26 Å². The molecule has 0 bridgehead atoms. The summed E-state index contributed by atoms with van der Waals surface area (Å²) >= 11 is 4.95. The molecular formula is C13H17N3S3. The number of benzene rings is 1. The molecule has 0 spiro atoms. The fourth-order valence-electron chi connectivity index (χ4n) is 1.76. The van der Waals surface area contributed by atoms with Gasteiger partial charge >= 0.3 is 0 Å². The van der Waals surface area contributed by atoms with Gasteiger partial charge in [-0.25, -0.2) is 0 Å². The van der Waals surface area contributed by atoms with Gasteiger partial charge in [0.15, 0.2) is 8.68 Å². The van der Waals surface area contributed by atoms with Crippen LogP contribution in [0.25, 0.3) is 0 Å². The molecule has 0 aliphatic heterocycles. The topological polar surface area (TPSA) is 51.8 Å². The summed E-state index contributed by atoms with van der Waals surface area (Å²) in [6.07, 6.45) is 2.01. The van der Waals surface area contributed by atoms with E-state index in [2.05, 4.69) is 41.4 Å². The fraction of sp³-hybridized carbons (Fsp3) is 0.385. The summed E-state index contributed by atoms with van der Waals surface area (Å²) in [5, 5.41) is 8.55. The zero-order chi connectivity index (χ0) is 13.8. The van der Waals surface area contributed by atoms with Crippen LogP contribution in [0.1, 0.15) is 23.3 Å². The molecule has 19 heavy (non-hydrogen) atoms. The van der Waals surface area contributed by atoms with Crippen LogP contribution in [0.3, 0.4) is 0 Å². The van der Waals surface area contributed by atoms with Crippen molar-refractivity contribution >= 4 is 34.9 Å². The molecule has 3 nitrogen and oxygen atoms in total. The SMILES string of the molecule is CSc1nnc(SC(c2cccc(C)c2)C(C)N)s1. The number of thioether (sulfide) groups is 2. The third kappa shape index (κ3) is 3.95. The van der Waals surface area contributed by atoms with Crippen LogP contribution >= 0.6 is 34.9 Å². The lowest BCUT2D eigenvalue weighted by Gasteiger charge is -2.19. The summed E-state index contributed by atoms with van der Waals surface area (Å²) in [6, 6.07) is 8.56. The van der Waals surface area contributed by atoms with E-state index < -0.39 is 0 Å². The molecule has 6 heteroatoms. The van der Waals surface area contributed by atoms with Crippen LogP contribution in [0.2, 0.25) is 0 Å². The number of nitrogens with two attached hydrogens (primary N) is 1. The maximum Gasteiger partial charge on any atom is 0.175 e. The first-order chi connectivity index (χ1) is 9.10. The van der Waals surface area contributed by atoms with Gasteiger partial charge in [0.05, 0.1) is 5.25 Å². The average molecular weight is 312 g/mol. The van der Waals surface area contributed by atoms with Crippen molar-refractivity contribution in [2.24, 2.45) is 5.73 Å². The van der Waals surface area contributed by atoms with Gasteiger partial charge in [-0.05, 0) is 25.7 Å². The van der Waals surface area contributed by atoms with Crippen LogP contribution < -0.4 is 5.73 Å². The first-order valence-corrected chi connectivity index (χ1v) is 8.88. The monoisotopic (exact) mass is 311 g/mol. The van der Waals surface area contributed by atoms with Crippen molar-refractivity contribution in [3.8, 4) is 0 Å². The summed E-state index contributed by atoms with van der Waals surface area (Å²) in [7, 11) is 0. The summed E-state index contributed by atoms with van der Waals surface area (Å²) in [4.78, 5) is 0. The highest BCUT2D eigenvalue weighted by molar-refractivity contribution is 8.03. The molecule has 0 aliphatic carbocycles. The highest BCUT2D eigenvalue weighted by Crippen LogP contribution is 2.39. The minimum atomic E-state index is 0.0634. The van der Waals surface area contributed by atoms with Gasteiger partial charge in [-0.2, -0.15) is 0 Å². The lowest BCUT2D eigenvalue weighted by molar-refractivity contribution is 0.720. The van der Waals surface area contributed by atoms with Crippen LogP contribution in [-0.4, -0.2) is 22.5 Å². The van der Waals surface area contributed by atoms with Gasteiger partial charge < -0.3 is 5.73 Å². The highest BCUT2D eigenvalue weighted by Gasteiger charge is 2.20. The molecule has 0 saturated heterocycles. The van der Waals surface area contributed by atoms with E-state index in [1.54, 1.807) is 34.9 Å². The van der Waals surface area contributed by atoms with E-state index >= 15 is 0 Å². The van der Waals surface area contributed by atoms with E-state index in [1.807, 2.05) is 13.2 Å². The first-order valence-electron chi connectivity index (χ1n) is 5.96. The van der Waals surface area contributed by atoms with Crippen LogP contribution in [0.5, 0.6) is 0 Å². The Hall–Kier alpha value is -0.560. The molecule has 0 amide bonds. The molecule has 2 rings (SSSR count). The second kappa shape index (κ2) is 6.74. The second-order valence-electron chi connectivity index (χ2n) is 4.35. The lowest BCUT2D eigenvalue weighted by atomic mass is 10.0. The predicted octanol–water partition coefficient (Wildman–Crippen LogP) is 3.75. The van der Waals surface area contributed by atoms with Gasteiger partial charge in [-0.1, -0.05) is 64.7 Å². The largest absolute Gasteiger partial charge is 0.327 e. The third-order valence-corrected chi connectivity index (χ3v) is 6.11. The number of hydrogen-bond acceptors (Lipinski definition) is 6. The van der Waals surface area contributed by atoms with Crippen LogP contribution in [0.4, 0.5) is 0 Å². The van der Waals surface area contributed by atoms with Crippen molar-refractivity contribution in [3.05, 3.63) is 35.4 Å². The second-order valence-corrected chi connectivity index (χ2v) is 7.77. The molecule has 0 radical (unpaired) electrons. The molecule has 0 saturated carbocycles. The van der Waals surface area contributed by atoms with Gasteiger partial charge in [-0.3, -0.25) is 0 Å². The number of rotatable bonds is 5. The van der Waals surface area contributed by atoms with Crippen molar-refractivity contribution < 1.29 is 0 Å². The molecule has 102 valence electrons. The van der Waals surface area contributed by atoms with Gasteiger partial charge in [0, 0.05) is 6.04 Å². The van der Waals surface area contributed by atoms with Gasteiger partial charge in [-0.15, -0.1) is 10.2 Å². The number of aryl methyl sites for hydroxylation is 1. The average Bonchev–Trinajstić information content (AvgIpc) is 2.83. The van der Waals surface area contributed by atoms with E-state index in [1.165, 1.54) is 11.1 Å². The van der Waals surface area contributed by atoms with Crippen molar-refractivity contribution in [1.82, 2.24) is 10.2 Å².